The van der Waals surface area contributed by atoms with Gasteiger partial charge in [0.05, 0.1) is 10.5 Å². The predicted molar refractivity (Wildman–Crippen MR) is 65.8 cm³/mol. The third-order valence-electron chi connectivity index (χ3n) is 3.29. The van der Waals surface area contributed by atoms with E-state index in [2.05, 4.69) is 4.72 Å². The molecule has 104 valence electrons. The maximum Gasteiger partial charge on any atom is 0.338 e. The smallest absolute Gasteiger partial charge is 0.338 e. The lowest BCUT2D eigenvalue weighted by molar-refractivity contribution is 0.0691. The monoisotopic (exact) mass is 287 g/mol. The Kier molecular flexibility index (Phi) is 3.60. The molecule has 2 atom stereocenters. The Morgan fingerprint density at radius 3 is 2.68 bits per heavy atom. The lowest BCUT2D eigenvalue weighted by Crippen LogP contribution is -2.26. The molecule has 19 heavy (non-hydrogen) atoms. The molecular weight excluding hydrogens is 273 g/mol. The topological polar surface area (TPSA) is 83.5 Å². The Bertz CT molecular complexity index is 614. The van der Waals surface area contributed by atoms with Crippen molar-refractivity contribution in [2.24, 2.45) is 11.8 Å². The van der Waals surface area contributed by atoms with E-state index in [4.69, 9.17) is 5.11 Å². The summed E-state index contributed by atoms with van der Waals surface area (Å²) < 4.78 is 39.5. The van der Waals surface area contributed by atoms with Crippen LogP contribution >= 0.6 is 0 Å². The van der Waals surface area contributed by atoms with Crippen molar-refractivity contribution in [3.05, 3.63) is 29.6 Å². The summed E-state index contributed by atoms with van der Waals surface area (Å²) >= 11 is 0. The fourth-order valence-corrected chi connectivity index (χ4v) is 2.94. The average Bonchev–Trinajstić information content (AvgIpc) is 3.03. The van der Waals surface area contributed by atoms with Crippen LogP contribution in [0.4, 0.5) is 4.39 Å². The summed E-state index contributed by atoms with van der Waals surface area (Å²) in [6, 6.07) is 2.73. The molecule has 5 nitrogen and oxygen atoms in total. The van der Waals surface area contributed by atoms with Gasteiger partial charge in [-0.1, -0.05) is 6.92 Å². The normalized spacial score (nSPS) is 22.2. The number of hydrogen-bond acceptors (Lipinski definition) is 3. The van der Waals surface area contributed by atoms with Crippen molar-refractivity contribution in [2.45, 2.75) is 18.2 Å². The standard InChI is InChI=1S/C12H14FNO4S/c1-7-4-8(7)6-14-19(17,18)9-2-3-11(13)10(5-9)12(15)16/h2-3,5,7-8,14H,4,6H2,1H3,(H,15,16). The van der Waals surface area contributed by atoms with Crippen molar-refractivity contribution in [3.8, 4) is 0 Å². The Hall–Kier alpha value is -1.47. The Balaban J connectivity index is 2.20. The molecule has 7 heteroatoms. The van der Waals surface area contributed by atoms with Crippen LogP contribution < -0.4 is 4.72 Å². The van der Waals surface area contributed by atoms with Crippen LogP contribution in [0.2, 0.25) is 0 Å². The molecule has 0 aromatic heterocycles. The SMILES string of the molecule is CC1CC1CNS(=O)(=O)c1ccc(F)c(C(=O)O)c1. The number of sulfonamides is 1. The van der Waals surface area contributed by atoms with E-state index in [1.807, 2.05) is 6.92 Å². The third-order valence-corrected chi connectivity index (χ3v) is 4.71. The van der Waals surface area contributed by atoms with Gasteiger partial charge in [0.25, 0.3) is 0 Å². The molecule has 0 radical (unpaired) electrons. The molecule has 0 bridgehead atoms. The highest BCUT2D eigenvalue weighted by atomic mass is 32.2. The minimum Gasteiger partial charge on any atom is -0.478 e. The zero-order valence-electron chi connectivity index (χ0n) is 10.3. The number of carboxylic acids is 1. The van der Waals surface area contributed by atoms with Gasteiger partial charge >= 0.3 is 5.97 Å². The Morgan fingerprint density at radius 1 is 1.53 bits per heavy atom. The van der Waals surface area contributed by atoms with Crippen LogP contribution in [0, 0.1) is 17.7 Å². The molecule has 1 saturated carbocycles. The van der Waals surface area contributed by atoms with Crippen molar-refractivity contribution in [2.75, 3.05) is 6.54 Å². The summed E-state index contributed by atoms with van der Waals surface area (Å²) in [5, 5.41) is 8.76. The van der Waals surface area contributed by atoms with E-state index in [1.165, 1.54) is 0 Å². The van der Waals surface area contributed by atoms with Crippen LogP contribution in [-0.4, -0.2) is 26.0 Å². The molecule has 0 aliphatic heterocycles. The summed E-state index contributed by atoms with van der Waals surface area (Å²) in [6.07, 6.45) is 0.978. The van der Waals surface area contributed by atoms with Crippen molar-refractivity contribution in [3.63, 3.8) is 0 Å². The number of carbonyl (C=O) groups is 1. The molecule has 1 fully saturated rings. The van der Waals surface area contributed by atoms with E-state index in [-0.39, 0.29) is 4.90 Å². The van der Waals surface area contributed by atoms with Crippen LogP contribution in [0.3, 0.4) is 0 Å². The van der Waals surface area contributed by atoms with Crippen LogP contribution in [0.25, 0.3) is 0 Å². The Morgan fingerprint density at radius 2 is 2.16 bits per heavy atom. The summed E-state index contributed by atoms with van der Waals surface area (Å²) in [5.41, 5.74) is -0.650. The molecule has 0 heterocycles. The van der Waals surface area contributed by atoms with E-state index in [0.29, 0.717) is 18.4 Å². The van der Waals surface area contributed by atoms with Gasteiger partial charge in [0.15, 0.2) is 0 Å². The van der Waals surface area contributed by atoms with E-state index < -0.39 is 27.4 Å². The van der Waals surface area contributed by atoms with Crippen molar-refractivity contribution in [1.29, 1.82) is 0 Å². The van der Waals surface area contributed by atoms with Crippen molar-refractivity contribution in [1.82, 2.24) is 4.72 Å². The van der Waals surface area contributed by atoms with E-state index >= 15 is 0 Å². The number of carboxylic acid groups (broad SMARTS) is 1. The van der Waals surface area contributed by atoms with Crippen LogP contribution in [0.5, 0.6) is 0 Å². The van der Waals surface area contributed by atoms with E-state index in [1.54, 1.807) is 0 Å². The average molecular weight is 287 g/mol. The number of halogens is 1. The Labute approximate surface area is 110 Å². The second-order valence-electron chi connectivity index (χ2n) is 4.77. The van der Waals surface area contributed by atoms with Crippen molar-refractivity contribution >= 4 is 16.0 Å². The molecule has 2 N–H and O–H groups in total. The third kappa shape index (κ3) is 3.10. The first-order valence-corrected chi connectivity index (χ1v) is 7.32. The lowest BCUT2D eigenvalue weighted by atomic mass is 10.2. The molecule has 1 aliphatic rings. The fraction of sp³-hybridized carbons (Fsp3) is 0.417. The molecular formula is C12H14FNO4S. The van der Waals surface area contributed by atoms with Gasteiger partial charge in [-0.2, -0.15) is 0 Å². The number of aromatic carboxylic acids is 1. The van der Waals surface area contributed by atoms with Gasteiger partial charge in [-0.05, 0) is 36.5 Å². The van der Waals surface area contributed by atoms with E-state index in [0.717, 1.165) is 24.6 Å². The molecule has 1 aromatic rings. The first kappa shape index (κ1) is 14.0. The zero-order chi connectivity index (χ0) is 14.2. The second kappa shape index (κ2) is 4.90. The van der Waals surface area contributed by atoms with Gasteiger partial charge in [0, 0.05) is 6.54 Å². The summed E-state index contributed by atoms with van der Waals surface area (Å²) in [7, 11) is -3.79. The van der Waals surface area contributed by atoms with Crippen molar-refractivity contribution < 1.29 is 22.7 Å². The number of rotatable bonds is 5. The maximum absolute atomic E-state index is 13.2. The highest BCUT2D eigenvalue weighted by Crippen LogP contribution is 2.37. The fourth-order valence-electron chi connectivity index (χ4n) is 1.82. The first-order valence-electron chi connectivity index (χ1n) is 5.84. The lowest BCUT2D eigenvalue weighted by Gasteiger charge is -2.07. The summed E-state index contributed by atoms with van der Waals surface area (Å²) in [6.45, 7) is 2.35. The summed E-state index contributed by atoms with van der Waals surface area (Å²) in [5.74, 6) is -1.62. The number of nitrogens with one attached hydrogen (secondary N) is 1. The van der Waals surface area contributed by atoms with Gasteiger partial charge in [0.1, 0.15) is 5.82 Å². The van der Waals surface area contributed by atoms with Gasteiger partial charge in [-0.15, -0.1) is 0 Å². The van der Waals surface area contributed by atoms with Gasteiger partial charge in [0.2, 0.25) is 10.0 Å². The molecule has 1 aromatic carbocycles. The van der Waals surface area contributed by atoms with Crippen LogP contribution in [-0.2, 0) is 10.0 Å². The number of hydrogen-bond donors (Lipinski definition) is 2. The highest BCUT2D eigenvalue weighted by Gasteiger charge is 2.33. The molecule has 0 saturated heterocycles. The largest absolute Gasteiger partial charge is 0.478 e. The second-order valence-corrected chi connectivity index (χ2v) is 6.54. The molecule has 0 spiro atoms. The van der Waals surface area contributed by atoms with Gasteiger partial charge in [-0.3, -0.25) is 0 Å². The number of benzene rings is 1. The molecule has 2 unspecified atom stereocenters. The quantitative estimate of drug-likeness (QED) is 0.858. The molecule has 0 amide bonds. The summed E-state index contributed by atoms with van der Waals surface area (Å²) in [4.78, 5) is 10.5. The molecule has 1 aliphatic carbocycles. The van der Waals surface area contributed by atoms with Gasteiger partial charge < -0.3 is 5.11 Å². The van der Waals surface area contributed by atoms with Crippen LogP contribution in [0.1, 0.15) is 23.7 Å². The maximum atomic E-state index is 13.2. The van der Waals surface area contributed by atoms with E-state index in [9.17, 15) is 17.6 Å². The molecule has 2 rings (SSSR count). The van der Waals surface area contributed by atoms with Crippen LogP contribution in [0.15, 0.2) is 23.1 Å². The van der Waals surface area contributed by atoms with Gasteiger partial charge in [-0.25, -0.2) is 22.3 Å². The highest BCUT2D eigenvalue weighted by molar-refractivity contribution is 7.89. The minimum absolute atomic E-state index is 0.236. The first-order chi connectivity index (χ1) is 8.81. The predicted octanol–water partition coefficient (Wildman–Crippen LogP) is 1.46. The zero-order valence-corrected chi connectivity index (χ0v) is 11.1. The minimum atomic E-state index is -3.79.